The largest absolute Gasteiger partial charge is 0.550 e. The van der Waals surface area contributed by atoms with Crippen LogP contribution in [-0.4, -0.2) is 58.8 Å². The summed E-state index contributed by atoms with van der Waals surface area (Å²) < 4.78 is 0.161. The van der Waals surface area contributed by atoms with E-state index in [4.69, 9.17) is 0 Å². The Labute approximate surface area is 168 Å². The van der Waals surface area contributed by atoms with Crippen molar-refractivity contribution in [1.82, 2.24) is 0 Å². The van der Waals surface area contributed by atoms with Gasteiger partial charge in [0.15, 0.2) is 0 Å². The molecule has 0 radical (unpaired) electrons. The lowest BCUT2D eigenvalue weighted by Crippen LogP contribution is -2.58. The summed E-state index contributed by atoms with van der Waals surface area (Å²) >= 11 is 0. The molecule has 0 rings (SSSR count). The molecule has 28 heavy (non-hydrogen) atoms. The highest BCUT2D eigenvalue weighted by Gasteiger charge is 2.36. The number of quaternary nitrogens is 1. The van der Waals surface area contributed by atoms with Gasteiger partial charge in [0.2, 0.25) is 0 Å². The molecule has 0 bridgehead atoms. The van der Waals surface area contributed by atoms with Gasteiger partial charge in [-0.15, -0.1) is 0 Å². The molecule has 3 atom stereocenters. The highest BCUT2D eigenvalue weighted by Crippen LogP contribution is 2.21. The van der Waals surface area contributed by atoms with Crippen LogP contribution in [0.3, 0.4) is 0 Å². The highest BCUT2D eigenvalue weighted by atomic mass is 16.4. The van der Waals surface area contributed by atoms with Crippen LogP contribution in [0.4, 0.5) is 0 Å². The van der Waals surface area contributed by atoms with Crippen molar-refractivity contribution >= 4 is 17.9 Å². The fourth-order valence-corrected chi connectivity index (χ4v) is 3.58. The minimum absolute atomic E-state index is 0.161. The lowest BCUT2D eigenvalue weighted by Gasteiger charge is -2.43. The number of unbranched alkanes of at least 4 members (excludes halogenated alkanes) is 3. The molecule has 0 aliphatic heterocycles. The monoisotopic (exact) mass is 399 g/mol. The SMILES string of the molecule is CCC/C=C/CCCC[N+](CC(C)C(=O)[O-])(CC(C)C(=O)O)CC(C)C(=O)O. The van der Waals surface area contributed by atoms with E-state index in [0.29, 0.717) is 6.54 Å². The van der Waals surface area contributed by atoms with Gasteiger partial charge < -0.3 is 24.6 Å². The summed E-state index contributed by atoms with van der Waals surface area (Å²) in [4.78, 5) is 34.2. The van der Waals surface area contributed by atoms with E-state index in [2.05, 4.69) is 19.1 Å². The van der Waals surface area contributed by atoms with E-state index in [0.717, 1.165) is 32.1 Å². The van der Waals surface area contributed by atoms with Crippen molar-refractivity contribution in [1.29, 1.82) is 0 Å². The molecule has 0 spiro atoms. The van der Waals surface area contributed by atoms with Crippen LogP contribution >= 0.6 is 0 Å². The maximum atomic E-state index is 11.4. The van der Waals surface area contributed by atoms with Crippen molar-refractivity contribution in [2.45, 2.75) is 59.8 Å². The average Bonchev–Trinajstić information content (AvgIpc) is 2.60. The Morgan fingerprint density at radius 1 is 0.857 bits per heavy atom. The van der Waals surface area contributed by atoms with Crippen molar-refractivity contribution in [2.75, 3.05) is 26.2 Å². The summed E-state index contributed by atoms with van der Waals surface area (Å²) in [6.07, 6.45) is 8.96. The molecular formula is C21H37NO6. The van der Waals surface area contributed by atoms with Crippen LogP contribution in [0.1, 0.15) is 59.8 Å². The number of nitrogens with zero attached hydrogens (tertiary/aromatic N) is 1. The van der Waals surface area contributed by atoms with E-state index in [1.165, 1.54) is 6.92 Å². The second kappa shape index (κ2) is 13.3. The Morgan fingerprint density at radius 2 is 1.32 bits per heavy atom. The molecule has 0 amide bonds. The van der Waals surface area contributed by atoms with Crippen LogP contribution in [0.15, 0.2) is 12.2 Å². The summed E-state index contributed by atoms with van der Waals surface area (Å²) in [5.74, 6) is -5.30. The molecule has 7 heteroatoms. The maximum Gasteiger partial charge on any atom is 0.311 e. The molecule has 0 aromatic heterocycles. The summed E-state index contributed by atoms with van der Waals surface area (Å²) in [5, 5.41) is 30.0. The van der Waals surface area contributed by atoms with E-state index >= 15 is 0 Å². The van der Waals surface area contributed by atoms with Crippen molar-refractivity contribution in [3.63, 3.8) is 0 Å². The third kappa shape index (κ3) is 10.4. The van der Waals surface area contributed by atoms with Crippen molar-refractivity contribution in [3.05, 3.63) is 12.2 Å². The first-order chi connectivity index (χ1) is 13.0. The lowest BCUT2D eigenvalue weighted by molar-refractivity contribution is -0.934. The molecule has 7 nitrogen and oxygen atoms in total. The van der Waals surface area contributed by atoms with Crippen LogP contribution in [-0.2, 0) is 14.4 Å². The first kappa shape index (κ1) is 26.1. The van der Waals surface area contributed by atoms with Crippen LogP contribution in [0.5, 0.6) is 0 Å². The van der Waals surface area contributed by atoms with Gasteiger partial charge >= 0.3 is 11.9 Å². The van der Waals surface area contributed by atoms with Gasteiger partial charge in [-0.05, 0) is 39.5 Å². The number of carboxylic acid groups (broad SMARTS) is 3. The van der Waals surface area contributed by atoms with Crippen LogP contribution in [0.25, 0.3) is 0 Å². The number of allylic oxidation sites excluding steroid dienone is 2. The molecule has 0 aliphatic carbocycles. The third-order valence-corrected chi connectivity index (χ3v) is 5.10. The zero-order valence-electron chi connectivity index (χ0n) is 17.7. The molecular weight excluding hydrogens is 362 g/mol. The molecule has 2 N–H and O–H groups in total. The van der Waals surface area contributed by atoms with Crippen molar-refractivity contribution < 1.29 is 34.2 Å². The highest BCUT2D eigenvalue weighted by molar-refractivity contribution is 5.70. The Kier molecular flexibility index (Phi) is 12.4. The predicted octanol–water partition coefficient (Wildman–Crippen LogP) is 2.16. The van der Waals surface area contributed by atoms with Gasteiger partial charge in [-0.2, -0.15) is 0 Å². The number of hydrogen-bond acceptors (Lipinski definition) is 4. The van der Waals surface area contributed by atoms with Crippen molar-refractivity contribution in [2.24, 2.45) is 17.8 Å². The predicted molar refractivity (Wildman–Crippen MR) is 105 cm³/mol. The van der Waals surface area contributed by atoms with Gasteiger partial charge in [-0.3, -0.25) is 9.59 Å². The first-order valence-electron chi connectivity index (χ1n) is 10.2. The molecule has 0 saturated heterocycles. The Balaban J connectivity index is 5.38. The van der Waals surface area contributed by atoms with E-state index in [-0.39, 0.29) is 24.1 Å². The fourth-order valence-electron chi connectivity index (χ4n) is 3.58. The summed E-state index contributed by atoms with van der Waals surface area (Å²) in [6, 6.07) is 0. The van der Waals surface area contributed by atoms with E-state index in [1.54, 1.807) is 13.8 Å². The topological polar surface area (TPSA) is 115 Å². The smallest absolute Gasteiger partial charge is 0.311 e. The minimum atomic E-state index is -1.20. The second-order valence-corrected chi connectivity index (χ2v) is 8.07. The third-order valence-electron chi connectivity index (χ3n) is 5.10. The van der Waals surface area contributed by atoms with E-state index in [9.17, 15) is 29.7 Å². The average molecular weight is 400 g/mol. The van der Waals surface area contributed by atoms with Crippen molar-refractivity contribution in [3.8, 4) is 0 Å². The number of carbonyl (C=O) groups is 3. The zero-order chi connectivity index (χ0) is 21.7. The molecule has 0 aliphatic rings. The van der Waals surface area contributed by atoms with Crippen LogP contribution in [0.2, 0.25) is 0 Å². The summed E-state index contributed by atoms with van der Waals surface area (Å²) in [7, 11) is 0. The van der Waals surface area contributed by atoms with Gasteiger partial charge in [0.05, 0.1) is 26.2 Å². The number of hydrogen-bond donors (Lipinski definition) is 2. The molecule has 0 fully saturated rings. The van der Waals surface area contributed by atoms with Gasteiger partial charge in [-0.1, -0.05) is 32.4 Å². The Hall–Kier alpha value is -1.89. The number of rotatable bonds is 16. The molecule has 0 aromatic rings. The van der Waals surface area contributed by atoms with Gasteiger partial charge in [-0.25, -0.2) is 0 Å². The normalized spacial score (nSPS) is 17.0. The lowest BCUT2D eigenvalue weighted by atomic mass is 10.0. The van der Waals surface area contributed by atoms with E-state index < -0.39 is 35.7 Å². The number of carboxylic acids is 3. The number of aliphatic carboxylic acids is 3. The Morgan fingerprint density at radius 3 is 1.75 bits per heavy atom. The second-order valence-electron chi connectivity index (χ2n) is 8.07. The van der Waals surface area contributed by atoms with Gasteiger partial charge in [0, 0.05) is 11.9 Å². The van der Waals surface area contributed by atoms with Gasteiger partial charge in [0.25, 0.3) is 0 Å². The quantitative estimate of drug-likeness (QED) is 0.233. The summed E-state index contributed by atoms with van der Waals surface area (Å²) in [5.41, 5.74) is 0. The maximum absolute atomic E-state index is 11.4. The standard InChI is InChI=1S/C21H37NO6/c1-5-6-7-8-9-10-11-12-22(13-16(2)19(23)24,14-17(3)20(25)26)15-18(4)21(27)28/h7-8,16-18H,5-6,9-15H2,1-4H3,(H2-,23,24,25,26,27,28)/b8-7+. The Bertz CT molecular complexity index is 476. The molecule has 0 aromatic carbocycles. The minimum Gasteiger partial charge on any atom is -0.550 e. The molecule has 3 unspecified atom stereocenters. The fraction of sp³-hybridized carbons (Fsp3) is 0.762. The van der Waals surface area contributed by atoms with Gasteiger partial charge in [0.1, 0.15) is 11.8 Å². The van der Waals surface area contributed by atoms with Crippen LogP contribution in [0, 0.1) is 17.8 Å². The molecule has 162 valence electrons. The van der Waals surface area contributed by atoms with E-state index in [1.807, 2.05) is 0 Å². The van der Waals surface area contributed by atoms with Crippen LogP contribution < -0.4 is 5.11 Å². The first-order valence-corrected chi connectivity index (χ1v) is 10.2. The summed E-state index contributed by atoms with van der Waals surface area (Å²) in [6.45, 7) is 7.94. The number of carbonyl (C=O) groups excluding carboxylic acids is 1. The molecule has 0 heterocycles. The zero-order valence-corrected chi connectivity index (χ0v) is 17.7. The molecule has 0 saturated carbocycles.